The summed E-state index contributed by atoms with van der Waals surface area (Å²) in [6.45, 7) is 12.4. The summed E-state index contributed by atoms with van der Waals surface area (Å²) in [4.78, 5) is 0. The molecule has 0 aromatic carbocycles. The SMILES string of the molecule is CN[C@H]1CCC2=CC3=CC[C@]4(C)[C@@H](C(C)N)CCC4(C)C3CCC2C1(C)C. The molecule has 152 valence electrons. The third-order valence-corrected chi connectivity index (χ3v) is 10.1. The lowest BCUT2D eigenvalue weighted by atomic mass is 9.51. The molecule has 2 heteroatoms. The Morgan fingerprint density at radius 2 is 1.74 bits per heavy atom. The van der Waals surface area contributed by atoms with E-state index in [1.54, 1.807) is 11.1 Å². The highest BCUT2D eigenvalue weighted by atomic mass is 14.9. The van der Waals surface area contributed by atoms with Crippen molar-refractivity contribution in [3.63, 3.8) is 0 Å². The number of fused-ring (bicyclic) bond motifs is 4. The van der Waals surface area contributed by atoms with Gasteiger partial charge in [0.1, 0.15) is 0 Å². The fraction of sp³-hybridized carbons (Fsp3) is 0.840. The molecule has 0 amide bonds. The normalized spacial score (nSPS) is 47.1. The van der Waals surface area contributed by atoms with Crippen molar-refractivity contribution in [2.75, 3.05) is 7.05 Å². The average molecular weight is 371 g/mol. The molecule has 0 bridgehead atoms. The van der Waals surface area contributed by atoms with E-state index in [9.17, 15) is 0 Å². The summed E-state index contributed by atoms with van der Waals surface area (Å²) < 4.78 is 0. The first kappa shape index (κ1) is 19.7. The van der Waals surface area contributed by atoms with Crippen LogP contribution < -0.4 is 11.1 Å². The van der Waals surface area contributed by atoms with Gasteiger partial charge in [0.25, 0.3) is 0 Å². The molecular weight excluding hydrogens is 328 g/mol. The van der Waals surface area contributed by atoms with E-state index < -0.39 is 0 Å². The molecule has 0 saturated heterocycles. The molecule has 4 aliphatic carbocycles. The molecule has 0 aromatic heterocycles. The number of allylic oxidation sites excluding steroid dienone is 4. The van der Waals surface area contributed by atoms with Gasteiger partial charge in [-0.3, -0.25) is 0 Å². The fourth-order valence-corrected chi connectivity index (χ4v) is 8.14. The van der Waals surface area contributed by atoms with Crippen molar-refractivity contribution in [3.8, 4) is 0 Å². The van der Waals surface area contributed by atoms with E-state index in [4.69, 9.17) is 5.73 Å². The zero-order valence-electron chi connectivity index (χ0n) is 18.6. The van der Waals surface area contributed by atoms with E-state index in [1.165, 1.54) is 44.9 Å². The molecule has 0 spiro atoms. The van der Waals surface area contributed by atoms with Gasteiger partial charge in [0, 0.05) is 12.1 Å². The Labute approximate surface area is 167 Å². The Morgan fingerprint density at radius 3 is 2.41 bits per heavy atom. The molecule has 0 radical (unpaired) electrons. The lowest BCUT2D eigenvalue weighted by Crippen LogP contribution is -2.49. The van der Waals surface area contributed by atoms with Gasteiger partial charge in [-0.2, -0.15) is 0 Å². The second-order valence-electron chi connectivity index (χ2n) is 11.4. The highest BCUT2D eigenvalue weighted by molar-refractivity contribution is 5.37. The molecule has 2 nitrogen and oxygen atoms in total. The van der Waals surface area contributed by atoms with Gasteiger partial charge in [-0.15, -0.1) is 0 Å². The smallest absolute Gasteiger partial charge is 0.0124 e. The van der Waals surface area contributed by atoms with Gasteiger partial charge in [0.05, 0.1) is 0 Å². The molecule has 4 aliphatic rings. The summed E-state index contributed by atoms with van der Waals surface area (Å²) >= 11 is 0. The Kier molecular flexibility index (Phi) is 4.71. The summed E-state index contributed by atoms with van der Waals surface area (Å²) in [5.41, 5.74) is 11.0. The number of nitrogens with one attached hydrogen (secondary N) is 1. The molecule has 2 saturated carbocycles. The molecule has 27 heavy (non-hydrogen) atoms. The molecule has 4 rings (SSSR count). The zero-order valence-corrected chi connectivity index (χ0v) is 18.6. The van der Waals surface area contributed by atoms with Crippen molar-refractivity contribution in [2.45, 2.75) is 91.6 Å². The first-order valence-electron chi connectivity index (χ1n) is 11.5. The number of hydrogen-bond acceptors (Lipinski definition) is 2. The van der Waals surface area contributed by atoms with E-state index in [0.29, 0.717) is 34.2 Å². The summed E-state index contributed by atoms with van der Waals surface area (Å²) in [6.07, 6.45) is 14.5. The van der Waals surface area contributed by atoms with Crippen molar-refractivity contribution in [2.24, 2.45) is 39.7 Å². The average Bonchev–Trinajstić information content (AvgIpc) is 2.75. The van der Waals surface area contributed by atoms with Crippen molar-refractivity contribution < 1.29 is 0 Å². The standard InChI is InChI=1S/C25H42N2/c1-16(26)19-12-14-25(5)21-9-8-20-17(7-10-22(27-6)23(20,2)3)15-18(21)11-13-24(19,25)4/h11,15-16,19-22,27H,7-10,12-14,26H2,1-6H3/t16?,19-,20?,21?,22+,24-,25?/m1/s1. The van der Waals surface area contributed by atoms with Gasteiger partial charge in [0.15, 0.2) is 0 Å². The van der Waals surface area contributed by atoms with Gasteiger partial charge < -0.3 is 11.1 Å². The van der Waals surface area contributed by atoms with Crippen LogP contribution in [-0.2, 0) is 0 Å². The second-order valence-corrected chi connectivity index (χ2v) is 11.4. The molecule has 0 aromatic rings. The summed E-state index contributed by atoms with van der Waals surface area (Å²) in [6, 6.07) is 0.956. The predicted octanol–water partition coefficient (Wildman–Crippen LogP) is 5.45. The van der Waals surface area contributed by atoms with Crippen LogP contribution in [0.3, 0.4) is 0 Å². The molecular formula is C25H42N2. The molecule has 3 N–H and O–H groups in total. The lowest BCUT2D eigenvalue weighted by Gasteiger charge is -2.53. The lowest BCUT2D eigenvalue weighted by molar-refractivity contribution is 0.00392. The monoisotopic (exact) mass is 370 g/mol. The summed E-state index contributed by atoms with van der Waals surface area (Å²) in [5, 5.41) is 3.62. The minimum absolute atomic E-state index is 0.314. The van der Waals surface area contributed by atoms with Crippen LogP contribution in [0.2, 0.25) is 0 Å². The predicted molar refractivity (Wildman–Crippen MR) is 115 cm³/mol. The van der Waals surface area contributed by atoms with Crippen LogP contribution in [0.5, 0.6) is 0 Å². The number of hydrogen-bond donors (Lipinski definition) is 2. The topological polar surface area (TPSA) is 38.0 Å². The molecule has 4 unspecified atom stereocenters. The van der Waals surface area contributed by atoms with Crippen LogP contribution in [0, 0.1) is 34.0 Å². The minimum atomic E-state index is 0.314. The van der Waals surface area contributed by atoms with E-state index in [-0.39, 0.29) is 0 Å². The van der Waals surface area contributed by atoms with Crippen molar-refractivity contribution >= 4 is 0 Å². The van der Waals surface area contributed by atoms with Crippen LogP contribution in [0.25, 0.3) is 0 Å². The Hall–Kier alpha value is -0.600. The van der Waals surface area contributed by atoms with Gasteiger partial charge in [-0.1, -0.05) is 45.4 Å². The van der Waals surface area contributed by atoms with Crippen molar-refractivity contribution in [1.29, 1.82) is 0 Å². The van der Waals surface area contributed by atoms with E-state index >= 15 is 0 Å². The van der Waals surface area contributed by atoms with Crippen LogP contribution >= 0.6 is 0 Å². The highest BCUT2D eigenvalue weighted by Gasteiger charge is 2.60. The first-order chi connectivity index (χ1) is 12.6. The Morgan fingerprint density at radius 1 is 1.04 bits per heavy atom. The van der Waals surface area contributed by atoms with Crippen molar-refractivity contribution in [3.05, 3.63) is 23.3 Å². The largest absolute Gasteiger partial charge is 0.328 e. The van der Waals surface area contributed by atoms with Gasteiger partial charge in [-0.05, 0) is 98.5 Å². The zero-order chi connectivity index (χ0) is 19.6. The van der Waals surface area contributed by atoms with Crippen LogP contribution in [0.1, 0.15) is 79.6 Å². The van der Waals surface area contributed by atoms with Crippen LogP contribution in [-0.4, -0.2) is 19.1 Å². The summed E-state index contributed by atoms with van der Waals surface area (Å²) in [5.74, 6) is 2.13. The number of nitrogens with two attached hydrogens (primary N) is 1. The maximum atomic E-state index is 6.47. The first-order valence-corrected chi connectivity index (χ1v) is 11.5. The molecule has 0 heterocycles. The van der Waals surface area contributed by atoms with Gasteiger partial charge in [-0.25, -0.2) is 0 Å². The minimum Gasteiger partial charge on any atom is -0.328 e. The van der Waals surface area contributed by atoms with E-state index in [2.05, 4.69) is 59.1 Å². The molecule has 7 atom stereocenters. The van der Waals surface area contributed by atoms with Gasteiger partial charge >= 0.3 is 0 Å². The summed E-state index contributed by atoms with van der Waals surface area (Å²) in [7, 11) is 2.15. The van der Waals surface area contributed by atoms with E-state index in [1.807, 2.05) is 0 Å². The number of rotatable bonds is 2. The van der Waals surface area contributed by atoms with Crippen LogP contribution in [0.15, 0.2) is 23.3 Å². The van der Waals surface area contributed by atoms with Crippen LogP contribution in [0.4, 0.5) is 0 Å². The maximum Gasteiger partial charge on any atom is 0.0124 e. The maximum absolute atomic E-state index is 6.47. The van der Waals surface area contributed by atoms with E-state index in [0.717, 1.165) is 11.8 Å². The van der Waals surface area contributed by atoms with Gasteiger partial charge in [0.2, 0.25) is 0 Å². The molecule has 0 aliphatic heterocycles. The second kappa shape index (κ2) is 6.46. The molecule has 2 fully saturated rings. The third kappa shape index (κ3) is 2.65. The Balaban J connectivity index is 1.70. The highest BCUT2D eigenvalue weighted by Crippen LogP contribution is 2.67. The Bertz CT molecular complexity index is 657. The fourth-order valence-electron chi connectivity index (χ4n) is 8.14. The van der Waals surface area contributed by atoms with Crippen molar-refractivity contribution in [1.82, 2.24) is 5.32 Å². The quantitative estimate of drug-likeness (QED) is 0.678. The third-order valence-electron chi connectivity index (χ3n) is 10.1.